The lowest BCUT2D eigenvalue weighted by Gasteiger charge is -2.27. The van der Waals surface area contributed by atoms with Gasteiger partial charge in [-0.05, 0) is 62.7 Å². The molecule has 0 spiro atoms. The summed E-state index contributed by atoms with van der Waals surface area (Å²) in [4.78, 5) is 34.3. The third-order valence-corrected chi connectivity index (χ3v) is 5.77. The van der Waals surface area contributed by atoms with Gasteiger partial charge < -0.3 is 10.2 Å². The molecule has 0 saturated carbocycles. The standard InChI is InChI=1S/C23H28N4O2/c1-17-7-5-8-18(15-17)27-20(22-19(23(27)29)9-6-10-25-22)16-21(28)24-11-14-26-12-3-2-4-13-26/h5-10,15,20H,2-4,11-14,16H2,1H3,(H,24,28). The van der Waals surface area contributed by atoms with Gasteiger partial charge in [-0.15, -0.1) is 0 Å². The van der Waals surface area contributed by atoms with Gasteiger partial charge in [-0.2, -0.15) is 0 Å². The second-order valence-electron chi connectivity index (χ2n) is 7.92. The number of hydrogen-bond donors (Lipinski definition) is 1. The molecule has 2 amide bonds. The van der Waals surface area contributed by atoms with Crippen LogP contribution in [-0.2, 0) is 4.79 Å². The van der Waals surface area contributed by atoms with E-state index in [0.29, 0.717) is 17.8 Å². The number of rotatable bonds is 6. The average Bonchev–Trinajstić information content (AvgIpc) is 3.01. The fourth-order valence-corrected chi connectivity index (χ4v) is 4.30. The van der Waals surface area contributed by atoms with Crippen LogP contribution in [0.25, 0.3) is 0 Å². The molecule has 6 nitrogen and oxygen atoms in total. The number of amides is 2. The molecular weight excluding hydrogens is 364 g/mol. The number of carbonyl (C=O) groups excluding carboxylic acids is 2. The predicted molar refractivity (Wildman–Crippen MR) is 113 cm³/mol. The van der Waals surface area contributed by atoms with Gasteiger partial charge >= 0.3 is 0 Å². The zero-order valence-electron chi connectivity index (χ0n) is 16.9. The van der Waals surface area contributed by atoms with Gasteiger partial charge in [0.05, 0.1) is 23.7 Å². The van der Waals surface area contributed by atoms with Gasteiger partial charge in [0.25, 0.3) is 5.91 Å². The summed E-state index contributed by atoms with van der Waals surface area (Å²) in [7, 11) is 0. The maximum atomic E-state index is 13.1. The first-order chi connectivity index (χ1) is 14.1. The molecule has 1 saturated heterocycles. The van der Waals surface area contributed by atoms with E-state index < -0.39 is 0 Å². The van der Waals surface area contributed by atoms with Crippen molar-refractivity contribution in [2.45, 2.75) is 38.6 Å². The molecule has 3 heterocycles. The van der Waals surface area contributed by atoms with Crippen molar-refractivity contribution in [3.63, 3.8) is 0 Å². The van der Waals surface area contributed by atoms with E-state index in [0.717, 1.165) is 30.9 Å². The maximum absolute atomic E-state index is 13.1. The number of benzene rings is 1. The first-order valence-electron chi connectivity index (χ1n) is 10.5. The van der Waals surface area contributed by atoms with Crippen LogP contribution in [0, 0.1) is 6.92 Å². The van der Waals surface area contributed by atoms with E-state index in [1.54, 1.807) is 23.2 Å². The lowest BCUT2D eigenvalue weighted by molar-refractivity contribution is -0.121. The highest BCUT2D eigenvalue weighted by Crippen LogP contribution is 2.38. The molecule has 152 valence electrons. The zero-order chi connectivity index (χ0) is 20.2. The van der Waals surface area contributed by atoms with Crippen LogP contribution in [0.3, 0.4) is 0 Å². The van der Waals surface area contributed by atoms with Crippen molar-refractivity contribution in [3.8, 4) is 0 Å². The van der Waals surface area contributed by atoms with Crippen LogP contribution >= 0.6 is 0 Å². The molecule has 2 aliphatic heterocycles. The van der Waals surface area contributed by atoms with Gasteiger partial charge in [0.2, 0.25) is 5.91 Å². The zero-order valence-corrected chi connectivity index (χ0v) is 16.9. The number of fused-ring (bicyclic) bond motifs is 1. The summed E-state index contributed by atoms with van der Waals surface area (Å²) in [6.45, 7) is 5.75. The molecule has 1 fully saturated rings. The normalized spacial score (nSPS) is 19.3. The Morgan fingerprint density at radius 1 is 1.17 bits per heavy atom. The molecule has 2 aliphatic rings. The Hall–Kier alpha value is -2.73. The van der Waals surface area contributed by atoms with Crippen molar-refractivity contribution in [3.05, 3.63) is 59.4 Å². The van der Waals surface area contributed by atoms with E-state index in [-0.39, 0.29) is 24.3 Å². The summed E-state index contributed by atoms with van der Waals surface area (Å²) < 4.78 is 0. The predicted octanol–water partition coefficient (Wildman–Crippen LogP) is 3.08. The lowest BCUT2D eigenvalue weighted by Crippen LogP contribution is -2.39. The van der Waals surface area contributed by atoms with Crippen molar-refractivity contribution >= 4 is 17.5 Å². The topological polar surface area (TPSA) is 65.5 Å². The molecule has 2 aromatic rings. The second kappa shape index (κ2) is 8.74. The summed E-state index contributed by atoms with van der Waals surface area (Å²) in [5.74, 6) is -0.138. The molecule has 1 atom stereocenters. The van der Waals surface area contributed by atoms with E-state index in [9.17, 15) is 9.59 Å². The number of hydrogen-bond acceptors (Lipinski definition) is 4. The fourth-order valence-electron chi connectivity index (χ4n) is 4.30. The van der Waals surface area contributed by atoms with Crippen LogP contribution in [-0.4, -0.2) is 47.9 Å². The first-order valence-corrected chi connectivity index (χ1v) is 10.5. The second-order valence-corrected chi connectivity index (χ2v) is 7.92. The third kappa shape index (κ3) is 4.32. The van der Waals surface area contributed by atoms with E-state index in [1.165, 1.54) is 19.3 Å². The smallest absolute Gasteiger partial charge is 0.260 e. The highest BCUT2D eigenvalue weighted by atomic mass is 16.2. The number of likely N-dealkylation sites (tertiary alicyclic amines) is 1. The van der Waals surface area contributed by atoms with E-state index in [1.807, 2.05) is 31.2 Å². The number of anilines is 1. The van der Waals surface area contributed by atoms with Crippen LogP contribution in [0.1, 0.15) is 53.3 Å². The lowest BCUT2D eigenvalue weighted by atomic mass is 10.1. The van der Waals surface area contributed by atoms with Gasteiger partial charge in [0, 0.05) is 25.0 Å². The number of carbonyl (C=O) groups is 2. The SMILES string of the molecule is Cc1cccc(N2C(=O)c3cccnc3C2CC(=O)NCCN2CCCCC2)c1. The van der Waals surface area contributed by atoms with E-state index in [4.69, 9.17) is 0 Å². The molecule has 29 heavy (non-hydrogen) atoms. The van der Waals surface area contributed by atoms with E-state index >= 15 is 0 Å². The largest absolute Gasteiger partial charge is 0.355 e. The number of nitrogens with zero attached hydrogens (tertiary/aromatic N) is 3. The summed E-state index contributed by atoms with van der Waals surface area (Å²) in [6, 6.07) is 11.0. The highest BCUT2D eigenvalue weighted by Gasteiger charge is 2.39. The Kier molecular flexibility index (Phi) is 5.90. The van der Waals surface area contributed by atoms with Crippen molar-refractivity contribution in [2.24, 2.45) is 0 Å². The van der Waals surface area contributed by atoms with Gasteiger partial charge in [-0.25, -0.2) is 0 Å². The molecule has 1 aromatic carbocycles. The van der Waals surface area contributed by atoms with Crippen LogP contribution < -0.4 is 10.2 Å². The number of nitrogens with one attached hydrogen (secondary N) is 1. The third-order valence-electron chi connectivity index (χ3n) is 5.77. The Labute approximate surface area is 171 Å². The van der Waals surface area contributed by atoms with Gasteiger partial charge in [0.15, 0.2) is 0 Å². The van der Waals surface area contributed by atoms with E-state index in [2.05, 4.69) is 15.2 Å². The number of aryl methyl sites for hydroxylation is 1. The molecule has 1 N–H and O–H groups in total. The quantitative estimate of drug-likeness (QED) is 0.821. The Morgan fingerprint density at radius 2 is 2.00 bits per heavy atom. The molecule has 4 rings (SSSR count). The number of aromatic nitrogens is 1. The minimum atomic E-state index is -0.379. The monoisotopic (exact) mass is 392 g/mol. The van der Waals surface area contributed by atoms with Crippen LogP contribution in [0.5, 0.6) is 0 Å². The van der Waals surface area contributed by atoms with Crippen molar-refractivity contribution in [1.82, 2.24) is 15.2 Å². The van der Waals surface area contributed by atoms with Crippen LogP contribution in [0.15, 0.2) is 42.6 Å². The Bertz CT molecular complexity index is 892. The van der Waals surface area contributed by atoms with Crippen molar-refractivity contribution in [2.75, 3.05) is 31.1 Å². The van der Waals surface area contributed by atoms with Gasteiger partial charge in [-0.3, -0.25) is 19.5 Å². The highest BCUT2D eigenvalue weighted by molar-refractivity contribution is 6.11. The maximum Gasteiger partial charge on any atom is 0.260 e. The molecule has 1 unspecified atom stereocenters. The Balaban J connectivity index is 1.47. The van der Waals surface area contributed by atoms with Gasteiger partial charge in [0.1, 0.15) is 0 Å². The van der Waals surface area contributed by atoms with Crippen LogP contribution in [0.4, 0.5) is 5.69 Å². The first kappa shape index (κ1) is 19.6. The Morgan fingerprint density at radius 3 is 2.79 bits per heavy atom. The minimum absolute atomic E-state index is 0.0454. The molecule has 1 aromatic heterocycles. The summed E-state index contributed by atoms with van der Waals surface area (Å²) in [5.41, 5.74) is 3.15. The summed E-state index contributed by atoms with van der Waals surface area (Å²) in [5, 5.41) is 3.04. The van der Waals surface area contributed by atoms with Crippen LogP contribution in [0.2, 0.25) is 0 Å². The van der Waals surface area contributed by atoms with Crippen molar-refractivity contribution < 1.29 is 9.59 Å². The number of piperidine rings is 1. The molecule has 6 heteroatoms. The molecular formula is C23H28N4O2. The molecule has 0 aliphatic carbocycles. The molecule has 0 radical (unpaired) electrons. The van der Waals surface area contributed by atoms with Gasteiger partial charge in [-0.1, -0.05) is 18.6 Å². The number of pyridine rings is 1. The summed E-state index contributed by atoms with van der Waals surface area (Å²) >= 11 is 0. The minimum Gasteiger partial charge on any atom is -0.355 e. The van der Waals surface area contributed by atoms with Crippen molar-refractivity contribution in [1.29, 1.82) is 0 Å². The summed E-state index contributed by atoms with van der Waals surface area (Å²) in [6.07, 6.45) is 5.69. The fraction of sp³-hybridized carbons (Fsp3) is 0.435. The molecule has 0 bridgehead atoms. The average molecular weight is 393 g/mol.